The number of hydrogen-bond acceptors (Lipinski definition) is 4. The molecule has 2 aromatic rings. The maximum Gasteiger partial charge on any atom is 0.257 e. The van der Waals surface area contributed by atoms with Gasteiger partial charge in [0, 0.05) is 31.3 Å². The molecule has 2 fully saturated rings. The Morgan fingerprint density at radius 2 is 2.39 bits per heavy atom. The van der Waals surface area contributed by atoms with Crippen molar-refractivity contribution in [2.75, 3.05) is 32.9 Å². The first-order chi connectivity index (χ1) is 11.1. The lowest BCUT2D eigenvalue weighted by Gasteiger charge is -2.36. The molecule has 4 rings (SSSR count). The van der Waals surface area contributed by atoms with Crippen molar-refractivity contribution in [3.63, 3.8) is 0 Å². The molecule has 0 bridgehead atoms. The van der Waals surface area contributed by atoms with Crippen molar-refractivity contribution in [3.8, 4) is 0 Å². The number of carbonyl (C=O) groups is 1. The molecule has 23 heavy (non-hydrogen) atoms. The van der Waals surface area contributed by atoms with Crippen LogP contribution in [0.25, 0.3) is 5.52 Å². The van der Waals surface area contributed by atoms with Gasteiger partial charge in [-0.25, -0.2) is 4.52 Å². The summed E-state index contributed by atoms with van der Waals surface area (Å²) < 4.78 is 7.31. The van der Waals surface area contributed by atoms with E-state index in [1.54, 1.807) is 10.7 Å². The van der Waals surface area contributed by atoms with E-state index in [2.05, 4.69) is 5.10 Å². The number of fused-ring (bicyclic) bond motifs is 2. The zero-order chi connectivity index (χ0) is 16.0. The van der Waals surface area contributed by atoms with Gasteiger partial charge < -0.3 is 14.7 Å². The second-order valence-corrected chi connectivity index (χ2v) is 6.84. The first kappa shape index (κ1) is 14.7. The second kappa shape index (κ2) is 5.32. The van der Waals surface area contributed by atoms with Gasteiger partial charge in [0.2, 0.25) is 0 Å². The number of amides is 1. The molecule has 2 aliphatic heterocycles. The van der Waals surface area contributed by atoms with Crippen LogP contribution >= 0.6 is 0 Å². The molecule has 1 N–H and O–H groups in total. The fourth-order valence-electron chi connectivity index (χ4n) is 3.90. The molecule has 2 saturated heterocycles. The monoisotopic (exact) mass is 315 g/mol. The van der Waals surface area contributed by atoms with E-state index in [1.165, 1.54) is 0 Å². The van der Waals surface area contributed by atoms with Gasteiger partial charge in [-0.05, 0) is 30.9 Å². The van der Waals surface area contributed by atoms with Crippen molar-refractivity contribution >= 4 is 11.4 Å². The summed E-state index contributed by atoms with van der Waals surface area (Å²) in [5, 5.41) is 14.1. The molecule has 122 valence electrons. The van der Waals surface area contributed by atoms with Gasteiger partial charge in [-0.1, -0.05) is 6.07 Å². The van der Waals surface area contributed by atoms with E-state index in [-0.39, 0.29) is 17.9 Å². The van der Waals surface area contributed by atoms with E-state index in [1.807, 2.05) is 30.2 Å². The summed E-state index contributed by atoms with van der Waals surface area (Å²) in [7, 11) is 0. The lowest BCUT2D eigenvalue weighted by molar-refractivity contribution is -0.0556. The first-order valence-corrected chi connectivity index (χ1v) is 8.05. The van der Waals surface area contributed by atoms with Crippen LogP contribution in [0.4, 0.5) is 0 Å². The van der Waals surface area contributed by atoms with Gasteiger partial charge in [0.25, 0.3) is 5.91 Å². The number of aryl methyl sites for hydroxylation is 1. The fraction of sp³-hybridized carbons (Fsp3) is 0.529. The third-order valence-electron chi connectivity index (χ3n) is 5.31. The average Bonchev–Trinajstić information content (AvgIpc) is 3.15. The van der Waals surface area contributed by atoms with Gasteiger partial charge in [-0.3, -0.25) is 4.79 Å². The molecule has 2 aliphatic rings. The van der Waals surface area contributed by atoms with Crippen molar-refractivity contribution < 1.29 is 14.6 Å². The van der Waals surface area contributed by atoms with Crippen LogP contribution < -0.4 is 0 Å². The molecular weight excluding hydrogens is 294 g/mol. The molecule has 0 spiro atoms. The largest absolute Gasteiger partial charge is 0.396 e. The highest BCUT2D eigenvalue weighted by molar-refractivity contribution is 6.00. The quantitative estimate of drug-likeness (QED) is 0.901. The third-order valence-corrected chi connectivity index (χ3v) is 5.31. The molecule has 0 unspecified atom stereocenters. The van der Waals surface area contributed by atoms with E-state index in [0.717, 1.165) is 17.5 Å². The van der Waals surface area contributed by atoms with E-state index in [9.17, 15) is 9.90 Å². The maximum absolute atomic E-state index is 13.0. The predicted octanol–water partition coefficient (Wildman–Crippen LogP) is 1.11. The molecule has 2 atom stereocenters. The SMILES string of the molecule is Cc1ccc2c(C(=O)N3C[C@@H]4CCOC[C@]4(CO)C3)cnn2c1. The second-order valence-electron chi connectivity index (χ2n) is 6.84. The van der Waals surface area contributed by atoms with Crippen molar-refractivity contribution in [1.29, 1.82) is 0 Å². The van der Waals surface area contributed by atoms with Gasteiger partial charge in [0.05, 0.1) is 30.5 Å². The van der Waals surface area contributed by atoms with E-state index < -0.39 is 0 Å². The Morgan fingerprint density at radius 1 is 1.52 bits per heavy atom. The lowest BCUT2D eigenvalue weighted by atomic mass is 9.76. The Balaban J connectivity index is 1.64. The van der Waals surface area contributed by atoms with Crippen LogP contribution in [0.1, 0.15) is 22.3 Å². The zero-order valence-electron chi connectivity index (χ0n) is 13.2. The number of ether oxygens (including phenoxy) is 1. The van der Waals surface area contributed by atoms with Gasteiger partial charge in [-0.15, -0.1) is 0 Å². The van der Waals surface area contributed by atoms with Crippen LogP contribution in [0.15, 0.2) is 24.5 Å². The topological polar surface area (TPSA) is 67.1 Å². The normalized spacial score (nSPS) is 27.4. The molecule has 6 nitrogen and oxygen atoms in total. The third kappa shape index (κ3) is 2.24. The standard InChI is InChI=1S/C17H21N3O3/c1-12-2-3-15-14(6-18-20(15)7-12)16(22)19-8-13-4-5-23-11-17(13,9-19)10-21/h2-3,6-7,13,21H,4-5,8-11H2,1H3/t13-,17+/m0/s1. The molecule has 2 aromatic heterocycles. The van der Waals surface area contributed by atoms with Crippen LogP contribution in [-0.2, 0) is 4.74 Å². The Bertz CT molecular complexity index is 757. The minimum absolute atomic E-state index is 0.00826. The fourth-order valence-corrected chi connectivity index (χ4v) is 3.90. The molecular formula is C17H21N3O3. The molecule has 1 amide bonds. The highest BCUT2D eigenvalue weighted by Crippen LogP contribution is 2.41. The summed E-state index contributed by atoms with van der Waals surface area (Å²) in [6, 6.07) is 3.92. The smallest absolute Gasteiger partial charge is 0.257 e. The summed E-state index contributed by atoms with van der Waals surface area (Å²) in [6.07, 6.45) is 4.46. The van der Waals surface area contributed by atoms with Crippen molar-refractivity contribution in [2.24, 2.45) is 11.3 Å². The number of rotatable bonds is 2. The number of aromatic nitrogens is 2. The first-order valence-electron chi connectivity index (χ1n) is 8.05. The van der Waals surface area contributed by atoms with Crippen LogP contribution in [0.5, 0.6) is 0 Å². The van der Waals surface area contributed by atoms with E-state index in [4.69, 9.17) is 4.74 Å². The minimum atomic E-state index is -0.298. The zero-order valence-corrected chi connectivity index (χ0v) is 13.2. The summed E-state index contributed by atoms with van der Waals surface area (Å²) in [6.45, 7) is 4.55. The number of carbonyl (C=O) groups excluding carboxylic acids is 1. The Hall–Kier alpha value is -1.92. The highest BCUT2D eigenvalue weighted by atomic mass is 16.5. The number of likely N-dealkylation sites (tertiary alicyclic amines) is 1. The summed E-state index contributed by atoms with van der Waals surface area (Å²) in [5.41, 5.74) is 2.25. The Kier molecular flexibility index (Phi) is 3.39. The number of aliphatic hydroxyl groups excluding tert-OH is 1. The number of nitrogens with zero attached hydrogens (tertiary/aromatic N) is 3. The molecule has 0 aliphatic carbocycles. The van der Waals surface area contributed by atoms with Crippen LogP contribution in [0, 0.1) is 18.3 Å². The maximum atomic E-state index is 13.0. The van der Waals surface area contributed by atoms with Crippen molar-refractivity contribution in [3.05, 3.63) is 35.7 Å². The van der Waals surface area contributed by atoms with Gasteiger partial charge in [-0.2, -0.15) is 5.10 Å². The number of pyridine rings is 1. The van der Waals surface area contributed by atoms with Gasteiger partial charge in [0.1, 0.15) is 0 Å². The summed E-state index contributed by atoms with van der Waals surface area (Å²) >= 11 is 0. The summed E-state index contributed by atoms with van der Waals surface area (Å²) in [5.74, 6) is 0.306. The van der Waals surface area contributed by atoms with Crippen LogP contribution in [0.3, 0.4) is 0 Å². The molecule has 0 radical (unpaired) electrons. The minimum Gasteiger partial charge on any atom is -0.396 e. The van der Waals surface area contributed by atoms with Gasteiger partial charge >= 0.3 is 0 Å². The molecule has 4 heterocycles. The van der Waals surface area contributed by atoms with Gasteiger partial charge in [0.15, 0.2) is 0 Å². The number of aliphatic hydroxyl groups is 1. The average molecular weight is 315 g/mol. The Morgan fingerprint density at radius 3 is 3.17 bits per heavy atom. The molecule has 6 heteroatoms. The summed E-state index contributed by atoms with van der Waals surface area (Å²) in [4.78, 5) is 14.8. The van der Waals surface area contributed by atoms with Crippen LogP contribution in [-0.4, -0.2) is 58.4 Å². The predicted molar refractivity (Wildman–Crippen MR) is 84.3 cm³/mol. The van der Waals surface area contributed by atoms with E-state index >= 15 is 0 Å². The molecule has 0 saturated carbocycles. The van der Waals surface area contributed by atoms with Crippen molar-refractivity contribution in [2.45, 2.75) is 13.3 Å². The highest BCUT2D eigenvalue weighted by Gasteiger charge is 2.49. The van der Waals surface area contributed by atoms with Crippen molar-refractivity contribution in [1.82, 2.24) is 14.5 Å². The lowest BCUT2D eigenvalue weighted by Crippen LogP contribution is -2.43. The molecule has 0 aromatic carbocycles. The Labute approximate surface area is 134 Å². The van der Waals surface area contributed by atoms with Crippen LogP contribution in [0.2, 0.25) is 0 Å². The van der Waals surface area contributed by atoms with E-state index in [0.29, 0.717) is 37.8 Å². The number of hydrogen-bond donors (Lipinski definition) is 1.